The molecule has 2 fully saturated rings. The van der Waals surface area contributed by atoms with Crippen LogP contribution in [0.1, 0.15) is 68.7 Å². The maximum absolute atomic E-state index is 12.4. The summed E-state index contributed by atoms with van der Waals surface area (Å²) in [7, 11) is 0. The van der Waals surface area contributed by atoms with Gasteiger partial charge in [-0.15, -0.1) is 5.10 Å². The summed E-state index contributed by atoms with van der Waals surface area (Å²) in [6.07, 6.45) is 12.4. The minimum atomic E-state index is -0.189. The van der Waals surface area contributed by atoms with E-state index in [0.717, 1.165) is 30.3 Å². The number of likely N-dealkylation sites (tertiary alicyclic amines) is 1. The molecule has 1 aliphatic carbocycles. The first-order valence-electron chi connectivity index (χ1n) is 10.5. The Kier molecular flexibility index (Phi) is 5.72. The van der Waals surface area contributed by atoms with Gasteiger partial charge < -0.3 is 4.90 Å². The van der Waals surface area contributed by atoms with E-state index in [1.807, 2.05) is 19.1 Å². The van der Waals surface area contributed by atoms with E-state index in [9.17, 15) is 4.79 Å². The zero-order valence-electron chi connectivity index (χ0n) is 16.4. The van der Waals surface area contributed by atoms with Gasteiger partial charge in [-0.1, -0.05) is 38.2 Å². The third kappa shape index (κ3) is 4.32. The van der Waals surface area contributed by atoms with Gasteiger partial charge in [0, 0.05) is 18.7 Å². The molecule has 1 aliphatic heterocycles. The number of aromatic amines is 1. The molecule has 6 nitrogen and oxygen atoms in total. The maximum atomic E-state index is 12.4. The van der Waals surface area contributed by atoms with Crippen LogP contribution in [0.2, 0.25) is 0 Å². The Morgan fingerprint density at radius 2 is 2.04 bits per heavy atom. The Balaban J connectivity index is 1.42. The lowest BCUT2D eigenvalue weighted by molar-refractivity contribution is 0.182. The van der Waals surface area contributed by atoms with Crippen molar-refractivity contribution in [3.05, 3.63) is 40.2 Å². The molecule has 1 atom stereocenters. The van der Waals surface area contributed by atoms with E-state index in [1.165, 1.54) is 62.7 Å². The number of nitrogens with zero attached hydrogens (tertiary/aromatic N) is 4. The molecule has 1 saturated heterocycles. The second-order valence-corrected chi connectivity index (χ2v) is 8.30. The molecule has 2 aliphatic rings. The second kappa shape index (κ2) is 8.38. The number of nitrogens with one attached hydrogen (secondary N) is 1. The van der Waals surface area contributed by atoms with Gasteiger partial charge in [-0.3, -0.25) is 4.98 Å². The molecule has 6 heteroatoms. The molecular formula is C21H31N5O. The molecule has 0 amide bonds. The summed E-state index contributed by atoms with van der Waals surface area (Å²) >= 11 is 0. The molecule has 0 spiro atoms. The van der Waals surface area contributed by atoms with Gasteiger partial charge in [-0.2, -0.15) is 4.68 Å². The van der Waals surface area contributed by atoms with Crippen LogP contribution in [-0.2, 0) is 0 Å². The van der Waals surface area contributed by atoms with Crippen molar-refractivity contribution < 1.29 is 0 Å². The molecule has 0 bridgehead atoms. The van der Waals surface area contributed by atoms with Crippen LogP contribution in [0.25, 0.3) is 5.82 Å². The molecule has 3 heterocycles. The first-order chi connectivity index (χ1) is 13.2. The van der Waals surface area contributed by atoms with Crippen molar-refractivity contribution in [1.82, 2.24) is 24.6 Å². The zero-order valence-corrected chi connectivity index (χ0v) is 16.4. The molecular weight excluding hydrogens is 338 g/mol. The van der Waals surface area contributed by atoms with Gasteiger partial charge in [-0.05, 0) is 56.8 Å². The number of hydrogen-bond acceptors (Lipinski definition) is 4. The minimum Gasteiger partial charge on any atom is -0.303 e. The van der Waals surface area contributed by atoms with E-state index in [2.05, 4.69) is 20.0 Å². The summed E-state index contributed by atoms with van der Waals surface area (Å²) in [6, 6.07) is 3.83. The van der Waals surface area contributed by atoms with E-state index in [1.54, 1.807) is 6.20 Å². The smallest absolute Gasteiger partial charge is 0.303 e. The number of pyridine rings is 1. The third-order valence-electron chi connectivity index (χ3n) is 6.29. The molecule has 0 aromatic carbocycles. The maximum Gasteiger partial charge on any atom is 0.349 e. The number of aromatic nitrogens is 4. The zero-order chi connectivity index (χ0) is 18.6. The highest BCUT2D eigenvalue weighted by molar-refractivity contribution is 5.30. The van der Waals surface area contributed by atoms with Gasteiger partial charge in [0.15, 0.2) is 5.82 Å². The lowest BCUT2D eigenvalue weighted by Crippen LogP contribution is -2.36. The molecule has 0 unspecified atom stereocenters. The predicted molar refractivity (Wildman–Crippen MR) is 106 cm³/mol. The van der Waals surface area contributed by atoms with Crippen LogP contribution in [-0.4, -0.2) is 44.3 Å². The first-order valence-corrected chi connectivity index (χ1v) is 10.5. The second-order valence-electron chi connectivity index (χ2n) is 8.30. The van der Waals surface area contributed by atoms with Crippen LogP contribution in [0.5, 0.6) is 0 Å². The normalized spacial score (nSPS) is 22.2. The summed E-state index contributed by atoms with van der Waals surface area (Å²) < 4.78 is 1.42. The molecule has 1 N–H and O–H groups in total. The Morgan fingerprint density at radius 1 is 1.19 bits per heavy atom. The largest absolute Gasteiger partial charge is 0.349 e. The monoisotopic (exact) mass is 369 g/mol. The minimum absolute atomic E-state index is 0.189. The first kappa shape index (κ1) is 18.4. The van der Waals surface area contributed by atoms with E-state index in [4.69, 9.17) is 0 Å². The van der Waals surface area contributed by atoms with Gasteiger partial charge in [0.05, 0.1) is 0 Å². The van der Waals surface area contributed by atoms with Gasteiger partial charge in [0.2, 0.25) is 0 Å². The quantitative estimate of drug-likeness (QED) is 0.877. The fourth-order valence-corrected chi connectivity index (χ4v) is 4.69. The average molecular weight is 370 g/mol. The summed E-state index contributed by atoms with van der Waals surface area (Å²) in [5, 5.41) is 4.61. The predicted octanol–water partition coefficient (Wildman–Crippen LogP) is 3.41. The number of piperidine rings is 1. The molecule has 27 heavy (non-hydrogen) atoms. The fourth-order valence-electron chi connectivity index (χ4n) is 4.69. The Bertz CT molecular complexity index is 805. The number of H-pyrrole nitrogens is 1. The fraction of sp³-hybridized carbons (Fsp3) is 0.667. The van der Waals surface area contributed by atoms with Crippen molar-refractivity contribution >= 4 is 0 Å². The van der Waals surface area contributed by atoms with Gasteiger partial charge in [0.1, 0.15) is 5.82 Å². The molecule has 1 saturated carbocycles. The Labute approximate surface area is 161 Å². The van der Waals surface area contributed by atoms with Crippen molar-refractivity contribution in [1.29, 1.82) is 0 Å². The van der Waals surface area contributed by atoms with E-state index < -0.39 is 0 Å². The standard InChI is InChI=1S/C21H31N5O/c1-16-7-5-12-22-20(16)26-21(27)23-19(24-26)18-10-6-13-25(15-18)14-11-17-8-3-2-4-9-17/h5,7,12,17-18H,2-4,6,8-11,13-15H2,1H3,(H,23,24,27)/t18-/m0/s1. The summed E-state index contributed by atoms with van der Waals surface area (Å²) in [4.78, 5) is 22.3. The van der Waals surface area contributed by atoms with E-state index >= 15 is 0 Å². The summed E-state index contributed by atoms with van der Waals surface area (Å²) in [5.74, 6) is 2.66. The van der Waals surface area contributed by atoms with Crippen molar-refractivity contribution in [2.45, 2.75) is 64.2 Å². The van der Waals surface area contributed by atoms with Gasteiger partial charge in [-0.25, -0.2) is 9.78 Å². The van der Waals surface area contributed by atoms with Crippen molar-refractivity contribution in [3.63, 3.8) is 0 Å². The summed E-state index contributed by atoms with van der Waals surface area (Å²) in [5.41, 5.74) is 0.765. The van der Waals surface area contributed by atoms with Crippen LogP contribution in [0, 0.1) is 12.8 Å². The van der Waals surface area contributed by atoms with E-state index in [-0.39, 0.29) is 5.69 Å². The highest BCUT2D eigenvalue weighted by Gasteiger charge is 2.26. The Morgan fingerprint density at radius 3 is 2.85 bits per heavy atom. The molecule has 2 aromatic rings. The average Bonchev–Trinajstić information content (AvgIpc) is 3.09. The molecule has 0 radical (unpaired) electrons. The van der Waals surface area contributed by atoms with Crippen LogP contribution in [0.4, 0.5) is 0 Å². The van der Waals surface area contributed by atoms with Crippen LogP contribution in [0.15, 0.2) is 23.1 Å². The van der Waals surface area contributed by atoms with Crippen LogP contribution < -0.4 is 5.69 Å². The van der Waals surface area contributed by atoms with Crippen molar-refractivity contribution in [2.24, 2.45) is 5.92 Å². The molecule has 4 rings (SSSR count). The lowest BCUT2D eigenvalue weighted by Gasteiger charge is -2.33. The SMILES string of the molecule is Cc1cccnc1-n1nc([C@H]2CCCN(CCC3CCCCC3)C2)[nH]c1=O. The number of hydrogen-bond donors (Lipinski definition) is 1. The van der Waals surface area contributed by atoms with Crippen LogP contribution in [0.3, 0.4) is 0 Å². The highest BCUT2D eigenvalue weighted by atomic mass is 16.2. The lowest BCUT2D eigenvalue weighted by atomic mass is 9.86. The van der Waals surface area contributed by atoms with Gasteiger partial charge in [0.25, 0.3) is 0 Å². The number of rotatable bonds is 5. The third-order valence-corrected chi connectivity index (χ3v) is 6.29. The molecule has 146 valence electrons. The number of aryl methyl sites for hydroxylation is 1. The summed E-state index contributed by atoms with van der Waals surface area (Å²) in [6.45, 7) is 5.32. The topological polar surface area (TPSA) is 66.8 Å². The van der Waals surface area contributed by atoms with Crippen LogP contribution >= 0.6 is 0 Å². The Hall–Kier alpha value is -1.95. The van der Waals surface area contributed by atoms with Crippen molar-refractivity contribution in [3.8, 4) is 5.82 Å². The van der Waals surface area contributed by atoms with Crippen molar-refractivity contribution in [2.75, 3.05) is 19.6 Å². The highest BCUT2D eigenvalue weighted by Crippen LogP contribution is 2.28. The van der Waals surface area contributed by atoms with Gasteiger partial charge >= 0.3 is 5.69 Å². The molecule has 2 aromatic heterocycles. The van der Waals surface area contributed by atoms with E-state index in [0.29, 0.717) is 11.7 Å².